The van der Waals surface area contributed by atoms with E-state index in [2.05, 4.69) is 35.8 Å². The first-order valence-corrected chi connectivity index (χ1v) is 34.1. The normalized spacial score (nSPS) is 18.7. The number of ether oxygens (including phenoxy) is 3. The molecule has 4 N–H and O–H groups in total. The van der Waals surface area contributed by atoms with Crippen LogP contribution in [0.4, 0.5) is 0 Å². The molecule has 21 nitrogen and oxygen atoms in total. The fourth-order valence-corrected chi connectivity index (χ4v) is 11.5. The maximum absolute atomic E-state index is 12.5. The van der Waals surface area contributed by atoms with Crippen molar-refractivity contribution in [2.75, 3.05) is 87.6 Å². The molecule has 2 saturated carbocycles. The Balaban J connectivity index is -0.0000000434. The SMILES string of the molecule is C.C.C.C.C.C.C.C.C.C.C.CC.CC1CO[P+](=O)O1.COCC(C)OP(=O)(Cl)OCC(C)OP(C)(=O)OCC(C)OP(C)(=O)NC1CCC1.COCC(C)OP(C)(=O)Cl.COCC(C)O[P+](C)=O.ClCl.NC1CCC1.[Na+].[OH-]. The summed E-state index contributed by atoms with van der Waals surface area (Å²) >= 11 is 11.1. The monoisotopic (exact) mass is 1360 g/mol. The number of hydrogen-bond acceptors (Lipinski definition) is 20. The number of nitrogens with one attached hydrogen (secondary N) is 1. The van der Waals surface area contributed by atoms with E-state index >= 15 is 0 Å². The number of nitrogens with two attached hydrogens (primary N) is 1. The average Bonchev–Trinajstić information content (AvgIpc) is 3.54. The molecule has 0 aromatic heterocycles. The molecule has 2 aliphatic carbocycles. The molecule has 0 aromatic rings. The zero-order valence-corrected chi connectivity index (χ0v) is 52.6. The van der Waals surface area contributed by atoms with Crippen LogP contribution < -0.4 is 40.4 Å². The zero-order valence-electron chi connectivity index (χ0n) is 42.2. The van der Waals surface area contributed by atoms with E-state index in [0.29, 0.717) is 25.9 Å². The van der Waals surface area contributed by atoms with Crippen molar-refractivity contribution in [1.82, 2.24) is 5.09 Å². The molecule has 12 atom stereocenters. The van der Waals surface area contributed by atoms with Crippen LogP contribution in [0.1, 0.15) is 176 Å². The summed E-state index contributed by atoms with van der Waals surface area (Å²) < 4.78 is 128. The Kier molecular flexibility index (Phi) is 120. The maximum Gasteiger partial charge on any atom is 1.00 e. The van der Waals surface area contributed by atoms with Gasteiger partial charge in [-0.3, -0.25) is 22.7 Å². The molecule has 12 unspecified atom stereocenters. The van der Waals surface area contributed by atoms with Gasteiger partial charge in [-0.2, -0.15) is 0 Å². The molecule has 1 aliphatic heterocycles. The van der Waals surface area contributed by atoms with E-state index < -0.39 is 63.4 Å². The fraction of sp³-hybridized carbons (Fsp3) is 1.00. The Labute approximate surface area is 525 Å². The Morgan fingerprint density at radius 2 is 0.987 bits per heavy atom. The molecule has 32 heteroatoms. The van der Waals surface area contributed by atoms with Crippen molar-refractivity contribution in [3.05, 3.63) is 0 Å². The summed E-state index contributed by atoms with van der Waals surface area (Å²) in [6, 6.07) is 0.782. The largest absolute Gasteiger partial charge is 1.00 e. The van der Waals surface area contributed by atoms with Gasteiger partial charge in [0.15, 0.2) is 6.66 Å². The molecule has 78 heavy (non-hydrogen) atoms. The maximum atomic E-state index is 12.5. The Morgan fingerprint density at radius 1 is 0.641 bits per heavy atom. The van der Waals surface area contributed by atoms with Crippen LogP contribution in [0.15, 0.2) is 0 Å². The molecule has 0 aromatic carbocycles. The van der Waals surface area contributed by atoms with Crippen LogP contribution in [-0.2, 0) is 82.3 Å². The first-order chi connectivity index (χ1) is 30.0. The van der Waals surface area contributed by atoms with Gasteiger partial charge in [0.05, 0.1) is 57.5 Å². The molecule has 0 amide bonds. The first kappa shape index (κ1) is 126. The van der Waals surface area contributed by atoms with Gasteiger partial charge in [-0.1, -0.05) is 108 Å². The van der Waals surface area contributed by atoms with Crippen LogP contribution in [0, 0.1) is 0 Å². The Morgan fingerprint density at radius 3 is 1.27 bits per heavy atom. The van der Waals surface area contributed by atoms with Crippen LogP contribution in [0.25, 0.3) is 0 Å². The summed E-state index contributed by atoms with van der Waals surface area (Å²) in [6.45, 7) is 14.6. The average molecular weight is 1360 g/mol. The minimum atomic E-state index is -3.84. The molecular weight excluding hydrogens is 1240 g/mol. The molecule has 3 aliphatic rings. The van der Waals surface area contributed by atoms with Gasteiger partial charge in [0.25, 0.3) is 14.2 Å². The van der Waals surface area contributed by atoms with Crippen LogP contribution in [0.3, 0.4) is 0 Å². The van der Waals surface area contributed by atoms with Gasteiger partial charge in [-0.05, 0) is 83.0 Å². The summed E-state index contributed by atoms with van der Waals surface area (Å²) in [4.78, 5) is 0. The predicted octanol–water partition coefficient (Wildman–Crippen LogP) is 16.3. The van der Waals surface area contributed by atoms with Crippen molar-refractivity contribution in [2.24, 2.45) is 5.73 Å². The molecule has 490 valence electrons. The standard InChI is InChI=1S/C16H35ClNO9P3.C5H12ClO3P.C5H12O3P.C4H9N.C3H6O3P.C2H6.11CH4.Cl2.Na.H2O/c1-13(10-22-4)27-30(17,21)24-12-15(3)26-29(6,20)23-11-14(2)25-28(5,19)18-16-8-7-9-16;1-5(4-8-2)9-10(3,6)7;1-5(4-7-2)8-9(3)6;5-4-2-1-3-4;1-3-2-5-7(4)6-3;1-2;;;;;;;;;;;;1-2;;/h13-16H,7-12H2,1-6H3,(H,18,19);5H,4H2,1-3H3;5H,4H2,1-3H3;4H,1-3,5H2;3H,2H2,1H3;1-2H3;11*1H4;;;1H2/q;;+1;;+1;;;;;;;;;;;;;;+1;/p-1. The van der Waals surface area contributed by atoms with Gasteiger partial charge in [0.2, 0.25) is 0 Å². The van der Waals surface area contributed by atoms with Crippen LogP contribution >= 0.6 is 89.3 Å². The predicted molar refractivity (Wildman–Crippen MR) is 339 cm³/mol. The van der Waals surface area contributed by atoms with Crippen LogP contribution in [0.2, 0.25) is 0 Å². The first-order valence-electron chi connectivity index (χ1n) is 20.8. The summed E-state index contributed by atoms with van der Waals surface area (Å²) in [5.74, 6) is 0. The summed E-state index contributed by atoms with van der Waals surface area (Å²) in [6.07, 6.45) is 4.90. The van der Waals surface area contributed by atoms with Crippen molar-refractivity contribution in [1.29, 1.82) is 0 Å². The third-order valence-electron chi connectivity index (χ3n) is 7.32. The minimum absolute atomic E-state index is 0. The van der Waals surface area contributed by atoms with E-state index in [1.807, 2.05) is 27.7 Å². The summed E-state index contributed by atoms with van der Waals surface area (Å²) in [7, 11) is 3.15. The van der Waals surface area contributed by atoms with E-state index in [-0.39, 0.29) is 161 Å². The van der Waals surface area contributed by atoms with E-state index in [1.54, 1.807) is 41.9 Å². The van der Waals surface area contributed by atoms with Crippen LogP contribution in [0.5, 0.6) is 0 Å². The number of halogens is 4. The minimum Gasteiger partial charge on any atom is -0.870 e. The summed E-state index contributed by atoms with van der Waals surface area (Å²) in [5, 5.41) is 3.01. The smallest absolute Gasteiger partial charge is 0.870 e. The molecule has 3 fully saturated rings. The molecular formula is C46H125Cl4N2NaO19P6+2. The number of methoxy groups -OCH3 is 3. The van der Waals surface area contributed by atoms with Crippen molar-refractivity contribution in [3.63, 3.8) is 0 Å². The van der Waals surface area contributed by atoms with E-state index in [0.717, 1.165) is 19.3 Å². The topological polar surface area (TPSA) is 281 Å². The second-order valence-corrected chi connectivity index (χ2v) is 27.0. The van der Waals surface area contributed by atoms with Gasteiger partial charge < -0.3 is 43.5 Å². The van der Waals surface area contributed by atoms with Crippen LogP contribution in [-0.4, -0.2) is 142 Å². The Bertz CT molecular complexity index is 1430. The van der Waals surface area contributed by atoms with E-state index in [1.165, 1.54) is 53.0 Å². The van der Waals surface area contributed by atoms with Gasteiger partial charge >= 0.3 is 60.4 Å². The molecule has 0 spiro atoms. The zero-order chi connectivity index (χ0) is 51.5. The second-order valence-electron chi connectivity index (χ2n) is 14.7. The van der Waals surface area contributed by atoms with Crippen molar-refractivity contribution < 1.29 is 117 Å². The Hall–Kier alpha value is 2.68. The third-order valence-corrected chi connectivity index (χ3v) is 14.4. The van der Waals surface area contributed by atoms with Gasteiger partial charge in [0, 0.05) is 90.9 Å². The number of hydrogen-bond donors (Lipinski definition) is 2. The fourth-order valence-electron chi connectivity index (χ4n) is 4.52. The van der Waals surface area contributed by atoms with Gasteiger partial charge in [-0.15, -0.1) is 13.6 Å². The van der Waals surface area contributed by atoms with Crippen molar-refractivity contribution in [3.8, 4) is 0 Å². The number of rotatable bonds is 24. The van der Waals surface area contributed by atoms with Gasteiger partial charge in [-0.25, -0.2) is 9.65 Å². The van der Waals surface area contributed by atoms with Crippen molar-refractivity contribution >= 4 is 89.3 Å². The summed E-state index contributed by atoms with van der Waals surface area (Å²) in [5.41, 5.74) is 5.38. The molecule has 0 radical (unpaired) electrons. The second kappa shape index (κ2) is 73.9. The third kappa shape index (κ3) is 87.5. The van der Waals surface area contributed by atoms with E-state index in [9.17, 15) is 27.4 Å². The van der Waals surface area contributed by atoms with Gasteiger partial charge in [0.1, 0.15) is 18.8 Å². The molecule has 3 rings (SSSR count). The van der Waals surface area contributed by atoms with Crippen molar-refractivity contribution in [2.45, 2.75) is 224 Å². The molecule has 1 saturated heterocycles. The quantitative estimate of drug-likeness (QED) is 0.0671. The van der Waals surface area contributed by atoms with E-state index in [4.69, 9.17) is 74.1 Å². The molecule has 1 heterocycles. The molecule has 0 bridgehead atoms.